The van der Waals surface area contributed by atoms with Crippen molar-refractivity contribution in [3.8, 4) is 0 Å². The van der Waals surface area contributed by atoms with Gasteiger partial charge in [-0.3, -0.25) is 24.0 Å². The highest BCUT2D eigenvalue weighted by molar-refractivity contribution is 5.94. The predicted molar refractivity (Wildman–Crippen MR) is 115 cm³/mol. The first-order valence-electron chi connectivity index (χ1n) is 10.3. The number of carboxylic acid groups (broad SMARTS) is 3. The summed E-state index contributed by atoms with van der Waals surface area (Å²) in [6.45, 7) is -0.720. The van der Waals surface area contributed by atoms with Crippen molar-refractivity contribution in [3.05, 3.63) is 35.6 Å². The molecule has 3 amide bonds. The van der Waals surface area contributed by atoms with Crippen LogP contribution in [-0.2, 0) is 28.7 Å². The fourth-order valence-corrected chi connectivity index (χ4v) is 2.86. The number of halogens is 1. The molecule has 0 aliphatic carbocycles. The number of amides is 3. The Kier molecular flexibility index (Phi) is 11.8. The van der Waals surface area contributed by atoms with Crippen LogP contribution in [0.2, 0.25) is 0 Å². The van der Waals surface area contributed by atoms with Crippen LogP contribution in [0, 0.1) is 5.82 Å². The van der Waals surface area contributed by atoms with Crippen molar-refractivity contribution >= 4 is 35.6 Å². The van der Waals surface area contributed by atoms with E-state index in [1.807, 2.05) is 0 Å². The minimum Gasteiger partial charge on any atom is -0.481 e. The largest absolute Gasteiger partial charge is 0.481 e. The number of aliphatic carboxylic acids is 3. The van der Waals surface area contributed by atoms with Gasteiger partial charge in [0.1, 0.15) is 24.5 Å². The fourth-order valence-electron chi connectivity index (χ4n) is 2.86. The number of likely N-dealkylation sites (N-methyl/N-ethyl adjacent to an activating group) is 1. The molecule has 0 spiro atoms. The van der Waals surface area contributed by atoms with Gasteiger partial charge in [0.25, 0.3) is 5.91 Å². The van der Waals surface area contributed by atoms with Crippen molar-refractivity contribution in [2.75, 3.05) is 26.8 Å². The smallest absolute Gasteiger partial charge is 0.326 e. The van der Waals surface area contributed by atoms with Gasteiger partial charge in [0.15, 0.2) is 0 Å². The molecule has 5 N–H and O–H groups in total. The molecular formula is C21H26FN3O10. The van der Waals surface area contributed by atoms with Crippen molar-refractivity contribution in [2.45, 2.75) is 31.3 Å². The Morgan fingerprint density at radius 3 is 2.20 bits per heavy atom. The van der Waals surface area contributed by atoms with Crippen LogP contribution in [0.3, 0.4) is 0 Å². The number of carboxylic acids is 3. The van der Waals surface area contributed by atoms with Gasteiger partial charge in [0.05, 0.1) is 13.0 Å². The van der Waals surface area contributed by atoms with E-state index in [4.69, 9.17) is 14.9 Å². The third-order valence-electron chi connectivity index (χ3n) is 4.62. The maximum absolute atomic E-state index is 12.9. The van der Waals surface area contributed by atoms with Crippen LogP contribution in [0.1, 0.15) is 29.6 Å². The first-order chi connectivity index (χ1) is 16.4. The molecule has 192 valence electrons. The average molecular weight is 499 g/mol. The lowest BCUT2D eigenvalue weighted by atomic mass is 10.1. The summed E-state index contributed by atoms with van der Waals surface area (Å²) in [6, 6.07) is 1.63. The number of nitrogens with zero attached hydrogens (tertiary/aromatic N) is 1. The third kappa shape index (κ3) is 10.6. The van der Waals surface area contributed by atoms with E-state index in [2.05, 4.69) is 10.6 Å². The topological polar surface area (TPSA) is 200 Å². The molecule has 1 aromatic rings. The molecule has 0 heterocycles. The molecule has 14 heteroatoms. The van der Waals surface area contributed by atoms with Crippen LogP contribution < -0.4 is 10.6 Å². The number of hydrogen-bond donors (Lipinski definition) is 5. The van der Waals surface area contributed by atoms with Gasteiger partial charge < -0.3 is 35.6 Å². The van der Waals surface area contributed by atoms with Gasteiger partial charge in [-0.15, -0.1) is 0 Å². The van der Waals surface area contributed by atoms with E-state index in [1.165, 1.54) is 12.1 Å². The zero-order chi connectivity index (χ0) is 26.5. The van der Waals surface area contributed by atoms with Gasteiger partial charge >= 0.3 is 17.9 Å². The highest BCUT2D eigenvalue weighted by atomic mass is 19.1. The summed E-state index contributed by atoms with van der Waals surface area (Å²) < 4.78 is 18.0. The zero-order valence-corrected chi connectivity index (χ0v) is 18.7. The Hall–Kier alpha value is -4.07. The second-order valence-corrected chi connectivity index (χ2v) is 7.27. The quantitative estimate of drug-likeness (QED) is 0.192. The number of benzene rings is 1. The molecule has 1 aromatic carbocycles. The van der Waals surface area contributed by atoms with E-state index in [0.29, 0.717) is 4.90 Å². The van der Waals surface area contributed by atoms with E-state index < -0.39 is 79.4 Å². The maximum Gasteiger partial charge on any atom is 0.326 e. The third-order valence-corrected chi connectivity index (χ3v) is 4.62. The molecule has 13 nitrogen and oxygen atoms in total. The molecule has 0 aliphatic rings. The van der Waals surface area contributed by atoms with Gasteiger partial charge in [0.2, 0.25) is 11.8 Å². The van der Waals surface area contributed by atoms with Gasteiger partial charge in [-0.05, 0) is 30.7 Å². The van der Waals surface area contributed by atoms with E-state index in [0.717, 1.165) is 19.2 Å². The van der Waals surface area contributed by atoms with Crippen molar-refractivity contribution in [3.63, 3.8) is 0 Å². The van der Waals surface area contributed by atoms with Gasteiger partial charge in [-0.25, -0.2) is 9.18 Å². The summed E-state index contributed by atoms with van der Waals surface area (Å²) in [6.07, 6.45) is -1.82. The number of ether oxygens (including phenoxy) is 1. The molecule has 0 aromatic heterocycles. The minimum absolute atomic E-state index is 0.00637. The number of carbonyl (C=O) groups excluding carboxylic acids is 3. The molecule has 0 unspecified atom stereocenters. The lowest BCUT2D eigenvalue weighted by Crippen LogP contribution is -2.53. The van der Waals surface area contributed by atoms with Gasteiger partial charge in [0, 0.05) is 25.6 Å². The molecule has 35 heavy (non-hydrogen) atoms. The molecule has 0 saturated carbocycles. The molecule has 2 atom stereocenters. The molecular weight excluding hydrogens is 473 g/mol. The minimum atomic E-state index is -1.63. The Labute approximate surface area is 198 Å². The maximum atomic E-state index is 12.9. The van der Waals surface area contributed by atoms with Crippen LogP contribution in [-0.4, -0.2) is 94.7 Å². The van der Waals surface area contributed by atoms with Crippen LogP contribution in [0.4, 0.5) is 4.39 Å². The zero-order valence-electron chi connectivity index (χ0n) is 18.7. The first kappa shape index (κ1) is 29.0. The van der Waals surface area contributed by atoms with Crippen LogP contribution in [0.5, 0.6) is 0 Å². The molecule has 0 aliphatic heterocycles. The van der Waals surface area contributed by atoms with Gasteiger partial charge in [-0.1, -0.05) is 0 Å². The van der Waals surface area contributed by atoms with E-state index in [1.54, 1.807) is 0 Å². The Morgan fingerprint density at radius 1 is 1.03 bits per heavy atom. The predicted octanol–water partition coefficient (Wildman–Crippen LogP) is -0.692. The van der Waals surface area contributed by atoms with Crippen LogP contribution >= 0.6 is 0 Å². The SMILES string of the molecule is CN(C(=O)[C@H](CC(=O)O)NC(=O)COCCNC(=O)c1ccc(F)cc1)[C@@H](CCC(=O)O)C(=O)O. The summed E-state index contributed by atoms with van der Waals surface area (Å²) in [4.78, 5) is 70.6. The molecule has 0 bridgehead atoms. The average Bonchev–Trinajstić information content (AvgIpc) is 2.77. The number of rotatable bonds is 15. The van der Waals surface area contributed by atoms with Crippen molar-refractivity contribution in [2.24, 2.45) is 0 Å². The van der Waals surface area contributed by atoms with Crippen molar-refractivity contribution < 1.29 is 53.2 Å². The fraction of sp³-hybridized carbons (Fsp3) is 0.429. The summed E-state index contributed by atoms with van der Waals surface area (Å²) in [7, 11) is 1.06. The number of carbonyl (C=O) groups is 6. The summed E-state index contributed by atoms with van der Waals surface area (Å²) in [5.74, 6) is -7.12. The summed E-state index contributed by atoms with van der Waals surface area (Å²) in [5, 5.41) is 31.7. The second-order valence-electron chi connectivity index (χ2n) is 7.27. The highest BCUT2D eigenvalue weighted by Crippen LogP contribution is 2.10. The van der Waals surface area contributed by atoms with E-state index in [9.17, 15) is 38.3 Å². The molecule has 0 radical (unpaired) electrons. The molecule has 0 saturated heterocycles. The standard InChI is InChI=1S/C21H26FN3O10/c1-25(15(21(33)34)6-7-17(27)28)20(32)14(10-18(29)30)24-16(26)11-35-9-8-23-19(31)12-2-4-13(22)5-3-12/h2-5,14-15H,6-11H2,1H3,(H,23,31)(H,24,26)(H,27,28)(H,29,30)(H,33,34)/t14-,15-/m0/s1. The molecule has 1 rings (SSSR count). The van der Waals surface area contributed by atoms with Crippen molar-refractivity contribution in [1.29, 1.82) is 0 Å². The van der Waals surface area contributed by atoms with Gasteiger partial charge in [-0.2, -0.15) is 0 Å². The van der Waals surface area contributed by atoms with Crippen molar-refractivity contribution in [1.82, 2.24) is 15.5 Å². The summed E-state index contributed by atoms with van der Waals surface area (Å²) in [5.41, 5.74) is 0.214. The Bertz CT molecular complexity index is 938. The normalized spacial score (nSPS) is 12.2. The van der Waals surface area contributed by atoms with Crippen LogP contribution in [0.15, 0.2) is 24.3 Å². The van der Waals surface area contributed by atoms with Crippen LogP contribution in [0.25, 0.3) is 0 Å². The summed E-state index contributed by atoms with van der Waals surface area (Å²) >= 11 is 0. The van der Waals surface area contributed by atoms with E-state index >= 15 is 0 Å². The Balaban J connectivity index is 2.58. The highest BCUT2D eigenvalue weighted by Gasteiger charge is 2.33. The number of nitrogens with one attached hydrogen (secondary N) is 2. The Morgan fingerprint density at radius 2 is 1.66 bits per heavy atom. The lowest BCUT2D eigenvalue weighted by Gasteiger charge is -2.28. The second kappa shape index (κ2) is 14.2. The lowest BCUT2D eigenvalue weighted by molar-refractivity contribution is -0.152. The monoisotopic (exact) mass is 499 g/mol. The number of hydrogen-bond acceptors (Lipinski definition) is 7. The van der Waals surface area contributed by atoms with E-state index in [-0.39, 0.29) is 18.7 Å². The first-order valence-corrected chi connectivity index (χ1v) is 10.3. The molecule has 0 fully saturated rings.